The maximum absolute atomic E-state index is 12.6. The Labute approximate surface area is 176 Å². The molecule has 3 aromatic rings. The minimum absolute atomic E-state index is 0.00562. The van der Waals surface area contributed by atoms with Crippen LogP contribution in [0.3, 0.4) is 0 Å². The van der Waals surface area contributed by atoms with Crippen LogP contribution in [0.25, 0.3) is 5.82 Å². The van der Waals surface area contributed by atoms with Gasteiger partial charge in [0.2, 0.25) is 10.0 Å². The average molecular weight is 482 g/mol. The lowest BCUT2D eigenvalue weighted by atomic mass is 10.3. The predicted molar refractivity (Wildman–Crippen MR) is 111 cm³/mol. The second-order valence-electron chi connectivity index (χ2n) is 6.28. The van der Waals surface area contributed by atoms with Crippen molar-refractivity contribution in [3.63, 3.8) is 0 Å². The van der Waals surface area contributed by atoms with Crippen LogP contribution in [0.2, 0.25) is 0 Å². The summed E-state index contributed by atoms with van der Waals surface area (Å²) in [4.78, 5) is 12.1. The quantitative estimate of drug-likeness (QED) is 0.550. The van der Waals surface area contributed by atoms with E-state index >= 15 is 0 Å². The highest BCUT2D eigenvalue weighted by atomic mass is 79.9. The van der Waals surface area contributed by atoms with Gasteiger partial charge in [0.25, 0.3) is 5.56 Å². The van der Waals surface area contributed by atoms with Gasteiger partial charge in [-0.05, 0) is 44.2 Å². The van der Waals surface area contributed by atoms with Crippen molar-refractivity contribution in [3.05, 3.63) is 62.6 Å². The Bertz CT molecular complexity index is 1200. The van der Waals surface area contributed by atoms with E-state index in [0.717, 1.165) is 11.4 Å². The third-order valence-corrected chi connectivity index (χ3v) is 6.09. The molecule has 11 heteroatoms. The average Bonchev–Trinajstić information content (AvgIpc) is 3.01. The number of nitrogens with zero attached hydrogens (tertiary/aromatic N) is 4. The van der Waals surface area contributed by atoms with E-state index in [2.05, 4.69) is 30.8 Å². The molecule has 0 saturated carbocycles. The zero-order valence-corrected chi connectivity index (χ0v) is 18.5. The minimum Gasteiger partial charge on any atom is -0.495 e. The lowest BCUT2D eigenvalue weighted by Gasteiger charge is -2.12. The smallest absolute Gasteiger partial charge is 0.266 e. The molecule has 0 atom stereocenters. The van der Waals surface area contributed by atoms with E-state index in [9.17, 15) is 13.2 Å². The maximum atomic E-state index is 12.6. The summed E-state index contributed by atoms with van der Waals surface area (Å²) in [5.41, 5.74) is 1.37. The molecule has 1 N–H and O–H groups in total. The summed E-state index contributed by atoms with van der Waals surface area (Å²) in [5, 5.41) is 8.64. The molecule has 0 saturated heterocycles. The summed E-state index contributed by atoms with van der Waals surface area (Å²) in [6.45, 7) is 3.79. The van der Waals surface area contributed by atoms with Crippen molar-refractivity contribution in [3.8, 4) is 11.6 Å². The number of benzene rings is 1. The van der Waals surface area contributed by atoms with Gasteiger partial charge in [-0.15, -0.1) is 5.10 Å². The van der Waals surface area contributed by atoms with Gasteiger partial charge in [-0.25, -0.2) is 22.5 Å². The number of halogens is 1. The molecule has 154 valence electrons. The Kier molecular flexibility index (Phi) is 6.20. The van der Waals surface area contributed by atoms with Crippen molar-refractivity contribution >= 4 is 26.0 Å². The van der Waals surface area contributed by atoms with Gasteiger partial charge in [0.15, 0.2) is 5.82 Å². The van der Waals surface area contributed by atoms with Crippen molar-refractivity contribution in [1.29, 1.82) is 0 Å². The highest BCUT2D eigenvalue weighted by Gasteiger charge is 2.19. The Morgan fingerprint density at radius 3 is 2.55 bits per heavy atom. The summed E-state index contributed by atoms with van der Waals surface area (Å²) in [7, 11) is -2.44. The van der Waals surface area contributed by atoms with Gasteiger partial charge in [0.1, 0.15) is 10.6 Å². The second kappa shape index (κ2) is 8.47. The molecule has 1 aromatic carbocycles. The Morgan fingerprint density at radius 1 is 1.14 bits per heavy atom. The standard InChI is InChI=1S/C18H20BrN5O4S/c1-12-10-13(2)24(21-12)17-6-7-18(25)23(22-17)9-8-20-29(26,27)16-11-14(19)4-5-15(16)28-3/h4-7,10-11,20H,8-9H2,1-3H3. The van der Waals surface area contributed by atoms with Crippen molar-refractivity contribution < 1.29 is 13.2 Å². The highest BCUT2D eigenvalue weighted by Crippen LogP contribution is 2.26. The number of nitrogens with one attached hydrogen (secondary N) is 1. The molecule has 0 aliphatic heterocycles. The number of sulfonamides is 1. The first-order chi connectivity index (χ1) is 13.7. The van der Waals surface area contributed by atoms with Crippen LogP contribution >= 0.6 is 15.9 Å². The number of ether oxygens (including phenoxy) is 1. The predicted octanol–water partition coefficient (Wildman–Crippen LogP) is 1.80. The largest absolute Gasteiger partial charge is 0.495 e. The van der Waals surface area contributed by atoms with Gasteiger partial charge in [-0.1, -0.05) is 15.9 Å². The number of aromatic nitrogens is 4. The molecule has 0 aliphatic carbocycles. The van der Waals surface area contributed by atoms with Crippen LogP contribution in [0.1, 0.15) is 11.4 Å². The van der Waals surface area contributed by atoms with Crippen molar-refractivity contribution in [2.75, 3.05) is 13.7 Å². The Hall–Kier alpha value is -2.50. The van der Waals surface area contributed by atoms with E-state index in [1.165, 1.54) is 23.9 Å². The van der Waals surface area contributed by atoms with Crippen LogP contribution < -0.4 is 15.0 Å². The number of aryl methyl sites for hydroxylation is 2. The molecule has 2 aromatic heterocycles. The lowest BCUT2D eigenvalue weighted by molar-refractivity contribution is 0.402. The van der Waals surface area contributed by atoms with Gasteiger partial charge in [-0.2, -0.15) is 5.10 Å². The molecule has 2 heterocycles. The van der Waals surface area contributed by atoms with Gasteiger partial charge in [0, 0.05) is 22.8 Å². The zero-order valence-electron chi connectivity index (χ0n) is 16.1. The fraction of sp³-hybridized carbons (Fsp3) is 0.278. The molecule has 0 aliphatic rings. The van der Waals surface area contributed by atoms with E-state index in [1.807, 2.05) is 19.9 Å². The van der Waals surface area contributed by atoms with Crippen LogP contribution in [0.15, 0.2) is 50.6 Å². The first-order valence-electron chi connectivity index (χ1n) is 8.66. The van der Waals surface area contributed by atoms with E-state index in [4.69, 9.17) is 4.74 Å². The van der Waals surface area contributed by atoms with Crippen LogP contribution in [0.4, 0.5) is 0 Å². The minimum atomic E-state index is -3.84. The molecule has 3 rings (SSSR count). The molecule has 9 nitrogen and oxygen atoms in total. The zero-order chi connectivity index (χ0) is 21.2. The highest BCUT2D eigenvalue weighted by molar-refractivity contribution is 9.10. The lowest BCUT2D eigenvalue weighted by Crippen LogP contribution is -2.32. The van der Waals surface area contributed by atoms with Crippen LogP contribution in [-0.4, -0.2) is 41.6 Å². The summed E-state index contributed by atoms with van der Waals surface area (Å²) < 4.78 is 36.3. The maximum Gasteiger partial charge on any atom is 0.266 e. The summed E-state index contributed by atoms with van der Waals surface area (Å²) in [6.07, 6.45) is 0. The molecule has 0 radical (unpaired) electrons. The van der Waals surface area contributed by atoms with Gasteiger partial charge in [0.05, 0.1) is 19.3 Å². The fourth-order valence-corrected chi connectivity index (χ4v) is 4.52. The molecule has 0 spiro atoms. The summed E-state index contributed by atoms with van der Waals surface area (Å²) >= 11 is 3.26. The van der Waals surface area contributed by atoms with Crippen LogP contribution in [0.5, 0.6) is 5.75 Å². The third-order valence-electron chi connectivity index (χ3n) is 4.11. The molecule has 0 bridgehead atoms. The van der Waals surface area contributed by atoms with Gasteiger partial charge < -0.3 is 4.74 Å². The summed E-state index contributed by atoms with van der Waals surface area (Å²) in [6, 6.07) is 9.56. The Balaban J connectivity index is 1.78. The topological polar surface area (TPSA) is 108 Å². The molecule has 0 fully saturated rings. The van der Waals surface area contributed by atoms with E-state index in [1.54, 1.807) is 22.9 Å². The normalized spacial score (nSPS) is 11.6. The van der Waals surface area contributed by atoms with Crippen LogP contribution in [0, 0.1) is 13.8 Å². The first kappa shape index (κ1) is 21.2. The van der Waals surface area contributed by atoms with Crippen molar-refractivity contribution in [2.45, 2.75) is 25.3 Å². The monoisotopic (exact) mass is 481 g/mol. The van der Waals surface area contributed by atoms with E-state index in [0.29, 0.717) is 10.3 Å². The molecular formula is C18H20BrN5O4S. The van der Waals surface area contributed by atoms with Crippen molar-refractivity contribution in [2.24, 2.45) is 0 Å². The summed E-state index contributed by atoms with van der Waals surface area (Å²) in [5.74, 6) is 0.703. The first-order valence-corrected chi connectivity index (χ1v) is 10.9. The number of methoxy groups -OCH3 is 1. The van der Waals surface area contributed by atoms with Gasteiger partial charge in [-0.3, -0.25) is 4.79 Å². The van der Waals surface area contributed by atoms with Crippen LogP contribution in [-0.2, 0) is 16.6 Å². The Morgan fingerprint density at radius 2 is 1.90 bits per heavy atom. The number of hydrogen-bond acceptors (Lipinski definition) is 6. The number of hydrogen-bond donors (Lipinski definition) is 1. The van der Waals surface area contributed by atoms with Crippen molar-refractivity contribution in [1.82, 2.24) is 24.3 Å². The van der Waals surface area contributed by atoms with Gasteiger partial charge >= 0.3 is 0 Å². The molecule has 29 heavy (non-hydrogen) atoms. The second-order valence-corrected chi connectivity index (χ2v) is 8.94. The SMILES string of the molecule is COc1ccc(Br)cc1S(=O)(=O)NCCn1nc(-n2nc(C)cc2C)ccc1=O. The molecule has 0 amide bonds. The van der Waals surface area contributed by atoms with E-state index < -0.39 is 10.0 Å². The molecule has 0 unspecified atom stereocenters. The molecular weight excluding hydrogens is 462 g/mol. The van der Waals surface area contributed by atoms with E-state index in [-0.39, 0.29) is 29.3 Å². The fourth-order valence-electron chi connectivity index (χ4n) is 2.80. The number of rotatable bonds is 7. The third kappa shape index (κ3) is 4.74.